The van der Waals surface area contributed by atoms with Crippen LogP contribution in [-0.4, -0.2) is 18.8 Å². The number of hydrogen-bond acceptors (Lipinski definition) is 3. The van der Waals surface area contributed by atoms with Crippen molar-refractivity contribution in [3.63, 3.8) is 0 Å². The van der Waals surface area contributed by atoms with E-state index in [1.165, 1.54) is 0 Å². The van der Waals surface area contributed by atoms with Gasteiger partial charge in [-0.15, -0.1) is 0 Å². The third kappa shape index (κ3) is 2.91. The van der Waals surface area contributed by atoms with E-state index in [9.17, 15) is 0 Å². The molecule has 0 unspecified atom stereocenters. The molecule has 100 valence electrons. The number of nitrogen functional groups attached to an aromatic ring is 1. The number of anilines is 1. The molecular weight excluding hydrogens is 306 g/mol. The minimum atomic E-state index is 0.0866. The Hall–Kier alpha value is -1.52. The molecule has 0 spiro atoms. The predicted octanol–water partition coefficient (Wildman–Crippen LogP) is 3.24. The lowest BCUT2D eigenvalue weighted by Gasteiger charge is -2.14. The first-order valence-electron chi connectivity index (χ1n) is 5.99. The van der Waals surface area contributed by atoms with Gasteiger partial charge in [-0.2, -0.15) is 0 Å². The number of hydrogen-bond donors (Lipinski definition) is 2. The van der Waals surface area contributed by atoms with Gasteiger partial charge in [0.15, 0.2) is 0 Å². The third-order valence-electron chi connectivity index (χ3n) is 3.03. The number of rotatable bonds is 4. The molecule has 0 radical (unpaired) electrons. The van der Waals surface area contributed by atoms with E-state index >= 15 is 0 Å². The van der Waals surface area contributed by atoms with Gasteiger partial charge < -0.3 is 15.6 Å². The average molecular weight is 322 g/mol. The molecular formula is C15H16BrNO2. The largest absolute Gasteiger partial charge is 0.496 e. The Morgan fingerprint density at radius 2 is 2.00 bits per heavy atom. The third-order valence-corrected chi connectivity index (χ3v) is 3.52. The number of aliphatic hydroxyl groups is 1. The first-order chi connectivity index (χ1) is 9.17. The monoisotopic (exact) mass is 321 g/mol. The molecule has 0 fully saturated rings. The normalized spacial score (nSPS) is 10.5. The molecule has 0 aliphatic rings. The van der Waals surface area contributed by atoms with E-state index in [0.29, 0.717) is 12.1 Å². The van der Waals surface area contributed by atoms with Crippen LogP contribution in [0.1, 0.15) is 5.56 Å². The fourth-order valence-corrected chi connectivity index (χ4v) is 2.44. The SMILES string of the molecule is COc1ccc(Br)cc1-c1cccc(CCO)c1N. The summed E-state index contributed by atoms with van der Waals surface area (Å²) in [5.41, 5.74) is 9.69. The van der Waals surface area contributed by atoms with Gasteiger partial charge in [0, 0.05) is 27.9 Å². The molecule has 0 aliphatic carbocycles. The molecule has 19 heavy (non-hydrogen) atoms. The zero-order valence-electron chi connectivity index (χ0n) is 10.7. The Kier molecular flexibility index (Phi) is 4.45. The highest BCUT2D eigenvalue weighted by molar-refractivity contribution is 9.10. The van der Waals surface area contributed by atoms with Crippen molar-refractivity contribution >= 4 is 21.6 Å². The molecule has 3 N–H and O–H groups in total. The molecule has 0 atom stereocenters. The van der Waals surface area contributed by atoms with E-state index in [1.807, 2.05) is 36.4 Å². The van der Waals surface area contributed by atoms with Crippen LogP contribution in [0, 0.1) is 0 Å². The number of para-hydroxylation sites is 1. The minimum absolute atomic E-state index is 0.0866. The summed E-state index contributed by atoms with van der Waals surface area (Å²) in [4.78, 5) is 0. The number of benzene rings is 2. The molecule has 4 heteroatoms. The topological polar surface area (TPSA) is 55.5 Å². The van der Waals surface area contributed by atoms with Gasteiger partial charge in [-0.25, -0.2) is 0 Å². The fourth-order valence-electron chi connectivity index (χ4n) is 2.08. The average Bonchev–Trinajstić information content (AvgIpc) is 2.41. The summed E-state index contributed by atoms with van der Waals surface area (Å²) in [6.07, 6.45) is 0.552. The Bertz CT molecular complexity index is 584. The van der Waals surface area contributed by atoms with Crippen molar-refractivity contribution in [2.45, 2.75) is 6.42 Å². The van der Waals surface area contributed by atoms with E-state index in [0.717, 1.165) is 26.9 Å². The van der Waals surface area contributed by atoms with E-state index in [1.54, 1.807) is 7.11 Å². The zero-order chi connectivity index (χ0) is 13.8. The summed E-state index contributed by atoms with van der Waals surface area (Å²) in [5, 5.41) is 9.06. The van der Waals surface area contributed by atoms with E-state index in [-0.39, 0.29) is 6.61 Å². The molecule has 2 aromatic rings. The molecule has 0 saturated heterocycles. The first kappa shape index (κ1) is 13.9. The molecule has 2 aromatic carbocycles. The second kappa shape index (κ2) is 6.08. The van der Waals surface area contributed by atoms with Gasteiger partial charge in [-0.1, -0.05) is 34.1 Å². The lowest BCUT2D eigenvalue weighted by Crippen LogP contribution is -2.00. The first-order valence-corrected chi connectivity index (χ1v) is 6.78. The van der Waals surface area contributed by atoms with Crippen LogP contribution in [0.3, 0.4) is 0 Å². The van der Waals surface area contributed by atoms with Crippen molar-refractivity contribution in [3.8, 4) is 16.9 Å². The van der Waals surface area contributed by atoms with Crippen molar-refractivity contribution in [1.29, 1.82) is 0 Å². The van der Waals surface area contributed by atoms with Gasteiger partial charge in [0.05, 0.1) is 7.11 Å². The standard InChI is InChI=1S/C15H16BrNO2/c1-19-14-6-5-11(16)9-13(14)12-4-2-3-10(7-8-18)15(12)17/h2-6,9,18H,7-8,17H2,1H3. The number of nitrogens with two attached hydrogens (primary N) is 1. The van der Waals surface area contributed by atoms with Gasteiger partial charge in [0.1, 0.15) is 5.75 Å². The fraction of sp³-hybridized carbons (Fsp3) is 0.200. The van der Waals surface area contributed by atoms with Gasteiger partial charge in [0.25, 0.3) is 0 Å². The molecule has 0 bridgehead atoms. The maximum Gasteiger partial charge on any atom is 0.126 e. The van der Waals surface area contributed by atoms with Crippen molar-refractivity contribution in [3.05, 3.63) is 46.4 Å². The van der Waals surface area contributed by atoms with Gasteiger partial charge in [-0.3, -0.25) is 0 Å². The maximum absolute atomic E-state index is 9.06. The summed E-state index contributed by atoms with van der Waals surface area (Å²) < 4.78 is 6.35. The van der Waals surface area contributed by atoms with E-state index < -0.39 is 0 Å². The molecule has 3 nitrogen and oxygen atoms in total. The van der Waals surface area contributed by atoms with E-state index in [2.05, 4.69) is 15.9 Å². The van der Waals surface area contributed by atoms with Gasteiger partial charge in [0.2, 0.25) is 0 Å². The number of halogens is 1. The Morgan fingerprint density at radius 1 is 1.21 bits per heavy atom. The van der Waals surface area contributed by atoms with Crippen molar-refractivity contribution in [2.75, 3.05) is 19.5 Å². The molecule has 0 heterocycles. The van der Waals surface area contributed by atoms with E-state index in [4.69, 9.17) is 15.6 Å². The molecule has 0 aliphatic heterocycles. The summed E-state index contributed by atoms with van der Waals surface area (Å²) in [6, 6.07) is 11.6. The van der Waals surface area contributed by atoms with Crippen LogP contribution in [-0.2, 0) is 6.42 Å². The van der Waals surface area contributed by atoms with Gasteiger partial charge >= 0.3 is 0 Å². The summed E-state index contributed by atoms with van der Waals surface area (Å²) in [5.74, 6) is 0.774. The highest BCUT2D eigenvalue weighted by atomic mass is 79.9. The molecule has 2 rings (SSSR count). The van der Waals surface area contributed by atoms with Crippen LogP contribution in [0.4, 0.5) is 5.69 Å². The van der Waals surface area contributed by atoms with Crippen molar-refractivity contribution in [1.82, 2.24) is 0 Å². The lowest BCUT2D eigenvalue weighted by molar-refractivity contribution is 0.300. The Labute approximate surface area is 121 Å². The van der Waals surface area contributed by atoms with Crippen LogP contribution in [0.25, 0.3) is 11.1 Å². The summed E-state index contributed by atoms with van der Waals surface area (Å²) in [6.45, 7) is 0.0866. The van der Waals surface area contributed by atoms with Gasteiger partial charge in [-0.05, 0) is 30.2 Å². The second-order valence-corrected chi connectivity index (χ2v) is 5.11. The number of ether oxygens (including phenoxy) is 1. The molecule has 0 aromatic heterocycles. The van der Waals surface area contributed by atoms with Crippen molar-refractivity contribution < 1.29 is 9.84 Å². The van der Waals surface area contributed by atoms with Crippen LogP contribution >= 0.6 is 15.9 Å². The smallest absolute Gasteiger partial charge is 0.126 e. The Morgan fingerprint density at radius 3 is 2.68 bits per heavy atom. The van der Waals surface area contributed by atoms with Crippen LogP contribution in [0.2, 0.25) is 0 Å². The van der Waals surface area contributed by atoms with Crippen LogP contribution in [0.5, 0.6) is 5.75 Å². The predicted molar refractivity (Wildman–Crippen MR) is 81.3 cm³/mol. The zero-order valence-corrected chi connectivity index (χ0v) is 12.3. The number of aliphatic hydroxyl groups excluding tert-OH is 1. The highest BCUT2D eigenvalue weighted by Crippen LogP contribution is 2.37. The minimum Gasteiger partial charge on any atom is -0.496 e. The molecule has 0 amide bonds. The maximum atomic E-state index is 9.06. The quantitative estimate of drug-likeness (QED) is 0.850. The second-order valence-electron chi connectivity index (χ2n) is 4.20. The van der Waals surface area contributed by atoms with Crippen LogP contribution < -0.4 is 10.5 Å². The van der Waals surface area contributed by atoms with Crippen LogP contribution in [0.15, 0.2) is 40.9 Å². The number of methoxy groups -OCH3 is 1. The lowest BCUT2D eigenvalue weighted by atomic mass is 9.98. The summed E-state index contributed by atoms with van der Waals surface area (Å²) >= 11 is 3.46. The van der Waals surface area contributed by atoms with Crippen molar-refractivity contribution in [2.24, 2.45) is 0 Å². The Balaban J connectivity index is 2.58. The summed E-state index contributed by atoms with van der Waals surface area (Å²) in [7, 11) is 1.64. The molecule has 0 saturated carbocycles. The highest BCUT2D eigenvalue weighted by Gasteiger charge is 2.11.